The SMILES string of the molecule is CC(C)NC1=NC(c2cc(Cl)ccc2F)C(=O)N1. The van der Waals surface area contributed by atoms with E-state index in [1.165, 1.54) is 18.2 Å². The molecular weight excluding hydrogens is 257 g/mol. The zero-order valence-electron chi connectivity index (χ0n) is 10.00. The van der Waals surface area contributed by atoms with Crippen LogP contribution in [-0.4, -0.2) is 17.9 Å². The minimum Gasteiger partial charge on any atom is -0.354 e. The summed E-state index contributed by atoms with van der Waals surface area (Å²) in [6, 6.07) is 3.33. The molecule has 6 heteroatoms. The number of hydrogen-bond acceptors (Lipinski definition) is 3. The topological polar surface area (TPSA) is 53.5 Å². The number of amides is 1. The Hall–Kier alpha value is -1.62. The maximum atomic E-state index is 13.7. The third kappa shape index (κ3) is 2.61. The van der Waals surface area contributed by atoms with Crippen LogP contribution in [0, 0.1) is 5.82 Å². The molecule has 0 aromatic heterocycles. The highest BCUT2D eigenvalue weighted by molar-refractivity contribution is 6.30. The molecule has 1 aromatic carbocycles. The number of aliphatic imine (C=N–C) groups is 1. The molecule has 96 valence electrons. The number of nitrogens with zero attached hydrogens (tertiary/aromatic N) is 1. The number of rotatable bonds is 2. The quantitative estimate of drug-likeness (QED) is 0.863. The number of hydrogen-bond donors (Lipinski definition) is 2. The first-order valence-corrected chi connectivity index (χ1v) is 5.95. The first-order valence-electron chi connectivity index (χ1n) is 5.57. The maximum absolute atomic E-state index is 13.7. The summed E-state index contributed by atoms with van der Waals surface area (Å²) in [4.78, 5) is 15.9. The van der Waals surface area contributed by atoms with Gasteiger partial charge in [-0.2, -0.15) is 0 Å². The van der Waals surface area contributed by atoms with E-state index < -0.39 is 11.9 Å². The third-order valence-electron chi connectivity index (χ3n) is 2.43. The average Bonchev–Trinajstić information content (AvgIpc) is 2.62. The maximum Gasteiger partial charge on any atom is 0.256 e. The summed E-state index contributed by atoms with van der Waals surface area (Å²) in [5, 5.41) is 5.91. The molecule has 0 bridgehead atoms. The minimum absolute atomic E-state index is 0.131. The van der Waals surface area contributed by atoms with Gasteiger partial charge in [0, 0.05) is 16.6 Å². The predicted molar refractivity (Wildman–Crippen MR) is 68.0 cm³/mol. The van der Waals surface area contributed by atoms with Crippen LogP contribution in [-0.2, 0) is 4.79 Å². The van der Waals surface area contributed by atoms with Gasteiger partial charge < -0.3 is 5.32 Å². The summed E-state index contributed by atoms with van der Waals surface area (Å²) in [7, 11) is 0. The van der Waals surface area contributed by atoms with Gasteiger partial charge in [-0.05, 0) is 32.0 Å². The van der Waals surface area contributed by atoms with Crippen LogP contribution in [0.4, 0.5) is 4.39 Å². The van der Waals surface area contributed by atoms with E-state index in [1.807, 2.05) is 13.8 Å². The molecule has 18 heavy (non-hydrogen) atoms. The van der Waals surface area contributed by atoms with E-state index in [0.717, 1.165) is 0 Å². The van der Waals surface area contributed by atoms with Gasteiger partial charge in [-0.1, -0.05) is 11.6 Å². The number of carbonyl (C=O) groups is 1. The molecule has 2 rings (SSSR count). The summed E-state index contributed by atoms with van der Waals surface area (Å²) in [5.74, 6) is -0.493. The molecule has 4 nitrogen and oxygen atoms in total. The van der Waals surface area contributed by atoms with Gasteiger partial charge >= 0.3 is 0 Å². The molecular formula is C12H13ClFN3O. The predicted octanol–water partition coefficient (Wildman–Crippen LogP) is 2.00. The molecule has 2 N–H and O–H groups in total. The van der Waals surface area contributed by atoms with Gasteiger partial charge in [-0.3, -0.25) is 10.1 Å². The fourth-order valence-corrected chi connectivity index (χ4v) is 1.87. The van der Waals surface area contributed by atoms with Crippen LogP contribution in [0.2, 0.25) is 5.02 Å². The number of halogens is 2. The second kappa shape index (κ2) is 4.94. The van der Waals surface area contributed by atoms with Crippen LogP contribution in [0.1, 0.15) is 25.5 Å². The summed E-state index contributed by atoms with van der Waals surface area (Å²) < 4.78 is 13.7. The molecule has 0 radical (unpaired) electrons. The molecule has 0 aliphatic carbocycles. The van der Waals surface area contributed by atoms with E-state index in [4.69, 9.17) is 11.6 Å². The molecule has 1 amide bonds. The van der Waals surface area contributed by atoms with Crippen molar-refractivity contribution in [1.82, 2.24) is 10.6 Å². The van der Waals surface area contributed by atoms with Crippen molar-refractivity contribution in [3.05, 3.63) is 34.6 Å². The van der Waals surface area contributed by atoms with Crippen molar-refractivity contribution < 1.29 is 9.18 Å². The Kier molecular flexibility index (Phi) is 3.52. The second-order valence-electron chi connectivity index (χ2n) is 4.33. The lowest BCUT2D eigenvalue weighted by molar-refractivity contribution is -0.120. The van der Waals surface area contributed by atoms with Crippen molar-refractivity contribution in [2.45, 2.75) is 25.9 Å². The average molecular weight is 270 g/mol. The fraction of sp³-hybridized carbons (Fsp3) is 0.333. The Bertz CT molecular complexity index is 516. The van der Waals surface area contributed by atoms with Crippen molar-refractivity contribution in [2.24, 2.45) is 4.99 Å². The van der Waals surface area contributed by atoms with E-state index in [9.17, 15) is 9.18 Å². The van der Waals surface area contributed by atoms with Crippen molar-refractivity contribution in [3.63, 3.8) is 0 Å². The van der Waals surface area contributed by atoms with E-state index in [-0.39, 0.29) is 17.5 Å². The number of benzene rings is 1. The number of carbonyl (C=O) groups excluding carboxylic acids is 1. The highest BCUT2D eigenvalue weighted by Crippen LogP contribution is 2.26. The lowest BCUT2D eigenvalue weighted by Crippen LogP contribution is -2.40. The number of nitrogens with one attached hydrogen (secondary N) is 2. The van der Waals surface area contributed by atoms with Gasteiger partial charge in [0.1, 0.15) is 5.82 Å². The van der Waals surface area contributed by atoms with Crippen molar-refractivity contribution >= 4 is 23.5 Å². The van der Waals surface area contributed by atoms with E-state index in [0.29, 0.717) is 11.0 Å². The normalized spacial score (nSPS) is 18.8. The largest absolute Gasteiger partial charge is 0.354 e. The molecule has 1 aliphatic rings. The molecule has 0 saturated carbocycles. The molecule has 0 spiro atoms. The molecule has 1 heterocycles. The Labute approximate surface area is 109 Å². The van der Waals surface area contributed by atoms with Crippen LogP contribution < -0.4 is 10.6 Å². The highest BCUT2D eigenvalue weighted by Gasteiger charge is 2.30. The van der Waals surface area contributed by atoms with Gasteiger partial charge in [0.2, 0.25) is 0 Å². The Morgan fingerprint density at radius 3 is 2.89 bits per heavy atom. The summed E-state index contributed by atoms with van der Waals surface area (Å²) in [6.07, 6.45) is 0. The number of guanidine groups is 1. The second-order valence-corrected chi connectivity index (χ2v) is 4.77. The van der Waals surface area contributed by atoms with Crippen LogP contribution >= 0.6 is 11.6 Å². The first-order chi connectivity index (χ1) is 8.47. The van der Waals surface area contributed by atoms with Crippen LogP contribution in [0.25, 0.3) is 0 Å². The van der Waals surface area contributed by atoms with Crippen molar-refractivity contribution in [2.75, 3.05) is 0 Å². The minimum atomic E-state index is -0.884. The first kappa shape index (κ1) is 12.8. The summed E-state index contributed by atoms with van der Waals surface area (Å²) in [6.45, 7) is 3.84. The van der Waals surface area contributed by atoms with E-state index >= 15 is 0 Å². The van der Waals surface area contributed by atoms with Gasteiger partial charge in [0.15, 0.2) is 12.0 Å². The highest BCUT2D eigenvalue weighted by atomic mass is 35.5. The Morgan fingerprint density at radius 1 is 1.50 bits per heavy atom. The van der Waals surface area contributed by atoms with Crippen LogP contribution in [0.3, 0.4) is 0 Å². The van der Waals surface area contributed by atoms with E-state index in [1.54, 1.807) is 0 Å². The molecule has 0 saturated heterocycles. The zero-order chi connectivity index (χ0) is 13.3. The lowest BCUT2D eigenvalue weighted by Gasteiger charge is -2.07. The summed E-state index contributed by atoms with van der Waals surface area (Å²) in [5.41, 5.74) is 0.181. The summed E-state index contributed by atoms with van der Waals surface area (Å²) >= 11 is 5.80. The standard InChI is InChI=1S/C12H13ClFN3O/c1-6(2)15-12-16-10(11(18)17-12)8-5-7(13)3-4-9(8)14/h3-6,10H,1-2H3,(H2,15,16,17,18). The van der Waals surface area contributed by atoms with Crippen LogP contribution in [0.15, 0.2) is 23.2 Å². The van der Waals surface area contributed by atoms with Crippen molar-refractivity contribution in [3.8, 4) is 0 Å². The lowest BCUT2D eigenvalue weighted by atomic mass is 10.1. The fourth-order valence-electron chi connectivity index (χ4n) is 1.69. The molecule has 1 aromatic rings. The monoisotopic (exact) mass is 269 g/mol. The van der Waals surface area contributed by atoms with Crippen molar-refractivity contribution in [1.29, 1.82) is 0 Å². The Balaban J connectivity index is 2.30. The van der Waals surface area contributed by atoms with E-state index in [2.05, 4.69) is 15.6 Å². The third-order valence-corrected chi connectivity index (χ3v) is 2.66. The molecule has 1 unspecified atom stereocenters. The molecule has 0 fully saturated rings. The van der Waals surface area contributed by atoms with Crippen LogP contribution in [0.5, 0.6) is 0 Å². The van der Waals surface area contributed by atoms with Gasteiger partial charge in [0.25, 0.3) is 5.91 Å². The smallest absolute Gasteiger partial charge is 0.256 e. The van der Waals surface area contributed by atoms with Gasteiger partial charge in [-0.15, -0.1) is 0 Å². The van der Waals surface area contributed by atoms with Gasteiger partial charge in [-0.25, -0.2) is 9.38 Å². The molecule has 1 atom stereocenters. The molecule has 1 aliphatic heterocycles. The van der Waals surface area contributed by atoms with Gasteiger partial charge in [0.05, 0.1) is 0 Å². The Morgan fingerprint density at radius 2 is 2.22 bits per heavy atom. The zero-order valence-corrected chi connectivity index (χ0v) is 10.8.